The van der Waals surface area contributed by atoms with Gasteiger partial charge in [0.25, 0.3) is 5.56 Å². The highest BCUT2D eigenvalue weighted by molar-refractivity contribution is 5.63. The van der Waals surface area contributed by atoms with Crippen LogP contribution in [0.15, 0.2) is 53.7 Å². The van der Waals surface area contributed by atoms with Crippen LogP contribution in [-0.4, -0.2) is 42.8 Å². The lowest BCUT2D eigenvalue weighted by Crippen LogP contribution is -2.35. The van der Waals surface area contributed by atoms with Gasteiger partial charge in [-0.3, -0.25) is 9.20 Å². The van der Waals surface area contributed by atoms with E-state index < -0.39 is 0 Å². The molecule has 2 fully saturated rings. The van der Waals surface area contributed by atoms with Crippen LogP contribution in [0.1, 0.15) is 55.7 Å². The van der Waals surface area contributed by atoms with E-state index in [9.17, 15) is 4.79 Å². The molecule has 1 aliphatic heterocycles. The van der Waals surface area contributed by atoms with Gasteiger partial charge < -0.3 is 9.30 Å². The minimum atomic E-state index is -0.0282. The zero-order chi connectivity index (χ0) is 21.7. The summed E-state index contributed by atoms with van der Waals surface area (Å²) in [6.45, 7) is 4.54. The standard InChI is InChI=1S/C26H29N5O/c1-18-15-30-16-21(7-10-24(30)27-18)23-14-26(32)31-17-20(6-11-25(31)28-23)19-4-8-22(9-5-19)29-12-2-3-13-29/h6-7,10-11,14-17,19,22H,2-5,8-9,12-13H2,1H3. The van der Waals surface area contributed by atoms with E-state index in [1.165, 1.54) is 57.2 Å². The Hall–Kier alpha value is -2.99. The molecule has 4 aromatic heterocycles. The highest BCUT2D eigenvalue weighted by Gasteiger charge is 2.28. The number of rotatable bonds is 3. The normalized spacial score (nSPS) is 22.2. The van der Waals surface area contributed by atoms with Crippen molar-refractivity contribution in [3.8, 4) is 11.3 Å². The number of imidazole rings is 1. The number of aromatic nitrogens is 4. The number of hydrogen-bond donors (Lipinski definition) is 0. The van der Waals surface area contributed by atoms with Crippen molar-refractivity contribution in [2.75, 3.05) is 13.1 Å². The number of pyridine rings is 2. The molecule has 2 aliphatic rings. The molecule has 164 valence electrons. The monoisotopic (exact) mass is 427 g/mol. The van der Waals surface area contributed by atoms with E-state index in [1.54, 1.807) is 10.5 Å². The van der Waals surface area contributed by atoms with Crippen molar-refractivity contribution in [2.24, 2.45) is 0 Å². The lowest BCUT2D eigenvalue weighted by Gasteiger charge is -2.34. The summed E-state index contributed by atoms with van der Waals surface area (Å²) < 4.78 is 3.70. The second-order valence-electron chi connectivity index (χ2n) is 9.48. The molecule has 6 nitrogen and oxygen atoms in total. The molecule has 0 amide bonds. The molecule has 1 aliphatic carbocycles. The fraction of sp³-hybridized carbons (Fsp3) is 0.423. The van der Waals surface area contributed by atoms with Gasteiger partial charge in [0.2, 0.25) is 0 Å². The van der Waals surface area contributed by atoms with Gasteiger partial charge in [-0.15, -0.1) is 0 Å². The Morgan fingerprint density at radius 3 is 2.47 bits per heavy atom. The van der Waals surface area contributed by atoms with E-state index >= 15 is 0 Å². The first kappa shape index (κ1) is 19.7. The number of nitrogens with zero attached hydrogens (tertiary/aromatic N) is 5. The summed E-state index contributed by atoms with van der Waals surface area (Å²) in [6.07, 6.45) is 13.7. The van der Waals surface area contributed by atoms with Crippen LogP contribution in [-0.2, 0) is 0 Å². The molecule has 0 unspecified atom stereocenters. The van der Waals surface area contributed by atoms with Crippen molar-refractivity contribution in [1.29, 1.82) is 0 Å². The molecule has 1 saturated carbocycles. The molecule has 0 bridgehead atoms. The first-order valence-corrected chi connectivity index (χ1v) is 11.9. The molecular weight excluding hydrogens is 398 g/mol. The van der Waals surface area contributed by atoms with Gasteiger partial charge >= 0.3 is 0 Å². The van der Waals surface area contributed by atoms with Crippen LogP contribution in [0.2, 0.25) is 0 Å². The number of fused-ring (bicyclic) bond motifs is 2. The molecule has 32 heavy (non-hydrogen) atoms. The van der Waals surface area contributed by atoms with Gasteiger partial charge in [-0.25, -0.2) is 9.97 Å². The fourth-order valence-corrected chi connectivity index (χ4v) is 5.66. The van der Waals surface area contributed by atoms with E-state index in [4.69, 9.17) is 4.98 Å². The van der Waals surface area contributed by atoms with E-state index in [1.807, 2.05) is 48.1 Å². The van der Waals surface area contributed by atoms with Gasteiger partial charge in [0.1, 0.15) is 11.3 Å². The molecule has 0 aromatic carbocycles. The van der Waals surface area contributed by atoms with Crippen molar-refractivity contribution in [1.82, 2.24) is 23.7 Å². The lowest BCUT2D eigenvalue weighted by atomic mass is 9.82. The quantitative estimate of drug-likeness (QED) is 0.485. The molecular formula is C26H29N5O. The molecule has 0 radical (unpaired) electrons. The molecule has 6 rings (SSSR count). The topological polar surface area (TPSA) is 54.9 Å². The van der Waals surface area contributed by atoms with Crippen LogP contribution in [0, 0.1) is 6.92 Å². The largest absolute Gasteiger partial charge is 0.306 e. The van der Waals surface area contributed by atoms with E-state index in [2.05, 4.69) is 16.0 Å². The third kappa shape index (κ3) is 3.52. The summed E-state index contributed by atoms with van der Waals surface area (Å²) in [7, 11) is 0. The van der Waals surface area contributed by atoms with E-state index in [0.29, 0.717) is 17.3 Å². The molecule has 0 spiro atoms. The minimum absolute atomic E-state index is 0.0282. The number of aryl methyl sites for hydroxylation is 1. The summed E-state index contributed by atoms with van der Waals surface area (Å²) in [5.74, 6) is 0.539. The first-order valence-electron chi connectivity index (χ1n) is 11.9. The molecule has 0 N–H and O–H groups in total. The third-order valence-electron chi connectivity index (χ3n) is 7.37. The molecule has 5 heterocycles. The molecule has 4 aromatic rings. The Morgan fingerprint density at radius 1 is 0.875 bits per heavy atom. The highest BCUT2D eigenvalue weighted by atomic mass is 16.1. The number of likely N-dealkylation sites (tertiary alicyclic amines) is 1. The van der Waals surface area contributed by atoms with Crippen LogP contribution >= 0.6 is 0 Å². The summed E-state index contributed by atoms with van der Waals surface area (Å²) in [6, 6.07) is 10.5. The summed E-state index contributed by atoms with van der Waals surface area (Å²) in [4.78, 5) is 25.0. The van der Waals surface area contributed by atoms with Crippen LogP contribution in [0.5, 0.6) is 0 Å². The smallest absolute Gasteiger partial charge is 0.258 e. The van der Waals surface area contributed by atoms with Gasteiger partial charge in [0.15, 0.2) is 0 Å². The average Bonchev–Trinajstić information content (AvgIpc) is 3.47. The van der Waals surface area contributed by atoms with Crippen LogP contribution in [0.3, 0.4) is 0 Å². The van der Waals surface area contributed by atoms with Crippen LogP contribution in [0.4, 0.5) is 0 Å². The van der Waals surface area contributed by atoms with Crippen molar-refractivity contribution in [3.05, 3.63) is 70.5 Å². The second-order valence-corrected chi connectivity index (χ2v) is 9.48. The first-order chi connectivity index (χ1) is 15.6. The van der Waals surface area contributed by atoms with Crippen molar-refractivity contribution < 1.29 is 0 Å². The van der Waals surface area contributed by atoms with Crippen molar-refractivity contribution in [3.63, 3.8) is 0 Å². The Labute approximate surface area is 187 Å². The Bertz CT molecular complexity index is 1340. The van der Waals surface area contributed by atoms with Crippen molar-refractivity contribution >= 4 is 11.3 Å². The van der Waals surface area contributed by atoms with Gasteiger partial charge in [0.05, 0.1) is 11.4 Å². The SMILES string of the molecule is Cc1cn2cc(-c3cc(=O)n4cc(C5CCC(N6CCCC6)CC5)ccc4n3)ccc2n1. The van der Waals surface area contributed by atoms with Crippen LogP contribution < -0.4 is 5.56 Å². The second kappa shape index (κ2) is 7.85. The van der Waals surface area contributed by atoms with E-state index in [0.717, 1.165) is 22.9 Å². The molecule has 6 heteroatoms. The third-order valence-corrected chi connectivity index (χ3v) is 7.37. The van der Waals surface area contributed by atoms with Crippen LogP contribution in [0.25, 0.3) is 22.6 Å². The zero-order valence-corrected chi connectivity index (χ0v) is 18.6. The molecule has 0 atom stereocenters. The highest BCUT2D eigenvalue weighted by Crippen LogP contribution is 2.35. The maximum Gasteiger partial charge on any atom is 0.258 e. The van der Waals surface area contributed by atoms with Crippen molar-refractivity contribution in [2.45, 2.75) is 57.4 Å². The minimum Gasteiger partial charge on any atom is -0.306 e. The Kier molecular flexibility index (Phi) is 4.83. The summed E-state index contributed by atoms with van der Waals surface area (Å²) in [5, 5.41) is 0. The van der Waals surface area contributed by atoms with E-state index in [-0.39, 0.29) is 5.56 Å². The predicted octanol–water partition coefficient (Wildman–Crippen LogP) is 4.44. The van der Waals surface area contributed by atoms with Gasteiger partial charge in [-0.1, -0.05) is 6.07 Å². The molecule has 1 saturated heterocycles. The Balaban J connectivity index is 1.27. The predicted molar refractivity (Wildman–Crippen MR) is 126 cm³/mol. The van der Waals surface area contributed by atoms with Gasteiger partial charge in [0, 0.05) is 36.3 Å². The van der Waals surface area contributed by atoms with Gasteiger partial charge in [-0.05, 0) is 88.2 Å². The number of hydrogen-bond acceptors (Lipinski definition) is 4. The lowest BCUT2D eigenvalue weighted by molar-refractivity contribution is 0.182. The summed E-state index contributed by atoms with van der Waals surface area (Å²) >= 11 is 0. The Morgan fingerprint density at radius 2 is 1.66 bits per heavy atom. The fourth-order valence-electron chi connectivity index (χ4n) is 5.66. The zero-order valence-electron chi connectivity index (χ0n) is 18.6. The maximum absolute atomic E-state index is 13.0. The maximum atomic E-state index is 13.0. The average molecular weight is 428 g/mol. The van der Waals surface area contributed by atoms with Gasteiger partial charge in [-0.2, -0.15) is 0 Å². The summed E-state index contributed by atoms with van der Waals surface area (Å²) in [5.41, 5.74) is 5.41.